The number of hydrogen-bond donors (Lipinski definition) is 2. The van der Waals surface area contributed by atoms with E-state index in [1.54, 1.807) is 0 Å². The highest BCUT2D eigenvalue weighted by Gasteiger charge is 2.30. The topological polar surface area (TPSA) is 67.6 Å². The predicted molar refractivity (Wildman–Crippen MR) is 73.1 cm³/mol. The third-order valence-electron chi connectivity index (χ3n) is 2.69. The number of benzene rings is 1. The maximum absolute atomic E-state index is 11.7. The SMILES string of the molecule is CN1CCCC1.NC(=O)Nc1ccc(OC(F)(F)F)cc1. The molecule has 1 fully saturated rings. The third kappa shape index (κ3) is 8.03. The number of rotatable bonds is 2. The predicted octanol–water partition coefficient (Wildman–Crippen LogP) is 2.79. The summed E-state index contributed by atoms with van der Waals surface area (Å²) in [6.07, 6.45) is -1.90. The lowest BCUT2D eigenvalue weighted by molar-refractivity contribution is -0.274. The number of alkyl halides is 3. The highest BCUT2D eigenvalue weighted by molar-refractivity contribution is 5.87. The molecule has 0 unspecified atom stereocenters. The van der Waals surface area contributed by atoms with Crippen LogP contribution in [0.1, 0.15) is 12.8 Å². The summed E-state index contributed by atoms with van der Waals surface area (Å²) >= 11 is 0. The summed E-state index contributed by atoms with van der Waals surface area (Å²) in [5, 5.41) is 2.20. The van der Waals surface area contributed by atoms with Crippen LogP contribution in [-0.2, 0) is 0 Å². The molecule has 1 aliphatic rings. The van der Waals surface area contributed by atoms with Gasteiger partial charge < -0.3 is 20.7 Å². The van der Waals surface area contributed by atoms with Crippen molar-refractivity contribution in [1.82, 2.24) is 4.90 Å². The molecule has 118 valence electrons. The molecule has 1 aromatic carbocycles. The molecule has 1 saturated heterocycles. The minimum Gasteiger partial charge on any atom is -0.406 e. The number of nitrogens with one attached hydrogen (secondary N) is 1. The first-order chi connectivity index (χ1) is 9.76. The van der Waals surface area contributed by atoms with E-state index >= 15 is 0 Å². The molecule has 0 aliphatic carbocycles. The second-order valence-corrected chi connectivity index (χ2v) is 4.57. The first-order valence-electron chi connectivity index (χ1n) is 6.37. The fourth-order valence-corrected chi connectivity index (χ4v) is 1.76. The van der Waals surface area contributed by atoms with E-state index in [0.29, 0.717) is 0 Å². The van der Waals surface area contributed by atoms with E-state index in [-0.39, 0.29) is 11.4 Å². The van der Waals surface area contributed by atoms with Crippen molar-refractivity contribution in [3.63, 3.8) is 0 Å². The summed E-state index contributed by atoms with van der Waals surface area (Å²) in [6.45, 7) is 2.64. The molecule has 0 saturated carbocycles. The largest absolute Gasteiger partial charge is 0.573 e. The zero-order chi connectivity index (χ0) is 15.9. The van der Waals surface area contributed by atoms with E-state index in [1.165, 1.54) is 38.1 Å². The summed E-state index contributed by atoms with van der Waals surface area (Å²) in [6, 6.07) is 3.83. The van der Waals surface area contributed by atoms with E-state index in [1.807, 2.05) is 0 Å². The average Bonchev–Trinajstić information content (AvgIpc) is 2.81. The number of urea groups is 1. The van der Waals surface area contributed by atoms with E-state index in [9.17, 15) is 18.0 Å². The molecule has 1 heterocycles. The second kappa shape index (κ2) is 7.72. The van der Waals surface area contributed by atoms with Crippen LogP contribution in [0.2, 0.25) is 0 Å². The van der Waals surface area contributed by atoms with Crippen molar-refractivity contribution in [3.8, 4) is 5.75 Å². The van der Waals surface area contributed by atoms with Crippen molar-refractivity contribution in [2.24, 2.45) is 5.73 Å². The van der Waals surface area contributed by atoms with Crippen LogP contribution >= 0.6 is 0 Å². The molecule has 1 aromatic rings. The number of halogens is 3. The number of likely N-dealkylation sites (tertiary alicyclic amines) is 1. The van der Waals surface area contributed by atoms with Gasteiger partial charge in [0.05, 0.1) is 0 Å². The minimum atomic E-state index is -4.72. The standard InChI is InChI=1S/C8H7F3N2O2.C5H11N/c9-8(10,11)15-6-3-1-5(2-4-6)13-7(12)14;1-6-4-2-3-5-6/h1-4H,(H3,12,13,14);2-5H2,1H3. The molecule has 8 heteroatoms. The Bertz CT molecular complexity index is 443. The molecule has 2 amide bonds. The van der Waals surface area contributed by atoms with Crippen molar-refractivity contribution < 1.29 is 22.7 Å². The third-order valence-corrected chi connectivity index (χ3v) is 2.69. The van der Waals surface area contributed by atoms with Crippen LogP contribution in [0.25, 0.3) is 0 Å². The Balaban J connectivity index is 0.000000304. The quantitative estimate of drug-likeness (QED) is 0.883. The summed E-state index contributed by atoms with van der Waals surface area (Å²) in [5.41, 5.74) is 5.09. The number of ether oxygens (including phenoxy) is 1. The Morgan fingerprint density at radius 3 is 2.10 bits per heavy atom. The number of carbonyl (C=O) groups is 1. The van der Waals surface area contributed by atoms with Crippen molar-refractivity contribution in [1.29, 1.82) is 0 Å². The fraction of sp³-hybridized carbons (Fsp3) is 0.462. The first-order valence-corrected chi connectivity index (χ1v) is 6.37. The molecular formula is C13H18F3N3O2. The van der Waals surface area contributed by atoms with Gasteiger partial charge in [0.25, 0.3) is 0 Å². The van der Waals surface area contributed by atoms with Crippen LogP contribution < -0.4 is 15.8 Å². The first kappa shape index (κ1) is 17.1. The number of carbonyl (C=O) groups excluding carboxylic acids is 1. The van der Waals surface area contributed by atoms with Crippen LogP contribution in [0.5, 0.6) is 5.75 Å². The van der Waals surface area contributed by atoms with Crippen LogP contribution in [0.4, 0.5) is 23.7 Å². The number of hydrogen-bond acceptors (Lipinski definition) is 3. The lowest BCUT2D eigenvalue weighted by Crippen LogP contribution is -2.19. The van der Waals surface area contributed by atoms with Crippen molar-refractivity contribution in [2.75, 3.05) is 25.5 Å². The van der Waals surface area contributed by atoms with Gasteiger partial charge in [-0.05, 0) is 57.2 Å². The smallest absolute Gasteiger partial charge is 0.406 e. The fourth-order valence-electron chi connectivity index (χ4n) is 1.76. The molecule has 21 heavy (non-hydrogen) atoms. The molecule has 5 nitrogen and oxygen atoms in total. The van der Waals surface area contributed by atoms with Gasteiger partial charge in [0.1, 0.15) is 5.75 Å². The Hall–Kier alpha value is -1.96. The van der Waals surface area contributed by atoms with Crippen molar-refractivity contribution in [3.05, 3.63) is 24.3 Å². The Morgan fingerprint density at radius 2 is 1.76 bits per heavy atom. The highest BCUT2D eigenvalue weighted by Crippen LogP contribution is 2.23. The van der Waals surface area contributed by atoms with Crippen LogP contribution in [0.3, 0.4) is 0 Å². The van der Waals surface area contributed by atoms with Crippen LogP contribution in [-0.4, -0.2) is 37.4 Å². The summed E-state index contributed by atoms with van der Waals surface area (Å²) < 4.78 is 38.8. The van der Waals surface area contributed by atoms with Gasteiger partial charge in [-0.2, -0.15) is 0 Å². The molecule has 1 aliphatic heterocycles. The van der Waals surface area contributed by atoms with Gasteiger partial charge in [0.15, 0.2) is 0 Å². The Labute approximate surface area is 120 Å². The van der Waals surface area contributed by atoms with E-state index in [2.05, 4.69) is 22.0 Å². The molecule has 0 bridgehead atoms. The van der Waals surface area contributed by atoms with Crippen LogP contribution in [0.15, 0.2) is 24.3 Å². The molecule has 2 rings (SSSR count). The van der Waals surface area contributed by atoms with Gasteiger partial charge in [0, 0.05) is 5.69 Å². The maximum Gasteiger partial charge on any atom is 0.573 e. The Kier molecular flexibility index (Phi) is 6.29. The number of amides is 2. The molecule has 0 aromatic heterocycles. The van der Waals surface area contributed by atoms with Gasteiger partial charge >= 0.3 is 12.4 Å². The number of nitrogens with two attached hydrogens (primary N) is 1. The molecule has 0 spiro atoms. The molecule has 3 N–H and O–H groups in total. The minimum absolute atomic E-state index is 0.289. The molecule has 0 radical (unpaired) electrons. The zero-order valence-electron chi connectivity index (χ0n) is 11.6. The normalized spacial score (nSPS) is 15.0. The van der Waals surface area contributed by atoms with Gasteiger partial charge in [-0.25, -0.2) is 4.79 Å². The maximum atomic E-state index is 11.7. The monoisotopic (exact) mass is 305 g/mol. The van der Waals surface area contributed by atoms with Crippen molar-refractivity contribution in [2.45, 2.75) is 19.2 Å². The van der Waals surface area contributed by atoms with E-state index in [0.717, 1.165) is 12.1 Å². The van der Waals surface area contributed by atoms with Crippen molar-refractivity contribution >= 4 is 11.7 Å². The lowest BCUT2D eigenvalue weighted by Gasteiger charge is -2.09. The van der Waals surface area contributed by atoms with Gasteiger partial charge in [-0.1, -0.05) is 0 Å². The average molecular weight is 305 g/mol. The molecular weight excluding hydrogens is 287 g/mol. The second-order valence-electron chi connectivity index (χ2n) is 4.57. The summed E-state index contributed by atoms with van der Waals surface area (Å²) in [4.78, 5) is 12.7. The van der Waals surface area contributed by atoms with Gasteiger partial charge in [-0.15, -0.1) is 13.2 Å². The zero-order valence-corrected chi connectivity index (χ0v) is 11.6. The van der Waals surface area contributed by atoms with Gasteiger partial charge in [0.2, 0.25) is 0 Å². The van der Waals surface area contributed by atoms with E-state index < -0.39 is 12.4 Å². The number of anilines is 1. The number of primary amides is 1. The summed E-state index contributed by atoms with van der Waals surface area (Å²) in [7, 11) is 2.17. The Morgan fingerprint density at radius 1 is 1.24 bits per heavy atom. The highest BCUT2D eigenvalue weighted by atomic mass is 19.4. The summed E-state index contributed by atoms with van der Waals surface area (Å²) in [5.74, 6) is -0.363. The lowest BCUT2D eigenvalue weighted by atomic mass is 10.3. The van der Waals surface area contributed by atoms with E-state index in [4.69, 9.17) is 5.73 Å². The van der Waals surface area contributed by atoms with Crippen LogP contribution in [0, 0.1) is 0 Å². The number of nitrogens with zero attached hydrogens (tertiary/aromatic N) is 1. The molecule has 0 atom stereocenters. The van der Waals surface area contributed by atoms with Gasteiger partial charge in [-0.3, -0.25) is 0 Å².